The van der Waals surface area contributed by atoms with E-state index < -0.39 is 0 Å². The van der Waals surface area contributed by atoms with Crippen molar-refractivity contribution in [3.63, 3.8) is 0 Å². The molecule has 0 bridgehead atoms. The molecule has 0 spiro atoms. The molecule has 0 aliphatic rings. The topological polar surface area (TPSA) is 24.9 Å². The summed E-state index contributed by atoms with van der Waals surface area (Å²) in [6.45, 7) is 2.12. The fourth-order valence-electron chi connectivity index (χ4n) is 1.87. The van der Waals surface area contributed by atoms with Gasteiger partial charge in [-0.2, -0.15) is 0 Å². The fourth-order valence-corrected chi connectivity index (χ4v) is 2.68. The van der Waals surface area contributed by atoms with Crippen molar-refractivity contribution in [1.29, 1.82) is 0 Å². The molecule has 0 amide bonds. The van der Waals surface area contributed by atoms with Gasteiger partial charge >= 0.3 is 0 Å². The number of pyridine rings is 1. The Balaban J connectivity index is 2.13. The minimum Gasteiger partial charge on any atom is -0.312 e. The monoisotopic (exact) mass is 276 g/mol. The van der Waals surface area contributed by atoms with E-state index in [4.69, 9.17) is 0 Å². The third kappa shape index (κ3) is 3.55. The van der Waals surface area contributed by atoms with Gasteiger partial charge in [-0.3, -0.25) is 4.98 Å². The van der Waals surface area contributed by atoms with Crippen molar-refractivity contribution in [3.05, 3.63) is 54.1 Å². The summed E-state index contributed by atoms with van der Waals surface area (Å²) < 4.78 is 13.5. The average molecular weight is 276 g/mol. The Morgan fingerprint density at radius 3 is 2.63 bits per heavy atom. The molecule has 0 saturated carbocycles. The zero-order valence-electron chi connectivity index (χ0n) is 11.1. The van der Waals surface area contributed by atoms with Crippen molar-refractivity contribution in [2.45, 2.75) is 29.2 Å². The van der Waals surface area contributed by atoms with Crippen molar-refractivity contribution < 1.29 is 4.39 Å². The number of hydrogen-bond acceptors (Lipinski definition) is 3. The SMILES string of the molecule is CCC(NC)c1ccc(Sc2ccccc2F)cn1. The number of rotatable bonds is 5. The van der Waals surface area contributed by atoms with Crippen molar-refractivity contribution in [2.24, 2.45) is 0 Å². The first-order valence-corrected chi connectivity index (χ1v) is 7.11. The molecule has 0 aliphatic carbocycles. The number of aromatic nitrogens is 1. The van der Waals surface area contributed by atoms with E-state index in [0.717, 1.165) is 17.0 Å². The Hall–Kier alpha value is -1.39. The van der Waals surface area contributed by atoms with Gasteiger partial charge in [0.15, 0.2) is 0 Å². The van der Waals surface area contributed by atoms with Crippen LogP contribution in [0.4, 0.5) is 4.39 Å². The first-order valence-electron chi connectivity index (χ1n) is 6.30. The van der Waals surface area contributed by atoms with Crippen LogP contribution in [0.25, 0.3) is 0 Å². The summed E-state index contributed by atoms with van der Waals surface area (Å²) in [5.74, 6) is -0.196. The molecule has 19 heavy (non-hydrogen) atoms. The molecule has 2 aromatic rings. The van der Waals surface area contributed by atoms with E-state index in [0.29, 0.717) is 4.90 Å². The molecular formula is C15H17FN2S. The van der Waals surface area contributed by atoms with Gasteiger partial charge in [0.1, 0.15) is 5.82 Å². The van der Waals surface area contributed by atoms with Gasteiger partial charge in [0.2, 0.25) is 0 Å². The molecule has 0 aliphatic heterocycles. The molecule has 2 nitrogen and oxygen atoms in total. The van der Waals surface area contributed by atoms with Crippen LogP contribution in [0, 0.1) is 5.82 Å². The Morgan fingerprint density at radius 1 is 1.26 bits per heavy atom. The molecular weight excluding hydrogens is 259 g/mol. The predicted molar refractivity (Wildman–Crippen MR) is 76.9 cm³/mol. The predicted octanol–water partition coefficient (Wildman–Crippen LogP) is 4.04. The normalized spacial score (nSPS) is 12.4. The molecule has 0 saturated heterocycles. The second kappa shape index (κ2) is 6.68. The van der Waals surface area contributed by atoms with Gasteiger partial charge in [-0.25, -0.2) is 4.39 Å². The maximum Gasteiger partial charge on any atom is 0.137 e. The van der Waals surface area contributed by atoms with Gasteiger partial charge in [-0.05, 0) is 37.7 Å². The van der Waals surface area contributed by atoms with E-state index >= 15 is 0 Å². The second-order valence-corrected chi connectivity index (χ2v) is 5.32. The van der Waals surface area contributed by atoms with E-state index in [1.165, 1.54) is 17.8 Å². The molecule has 1 unspecified atom stereocenters. The smallest absolute Gasteiger partial charge is 0.137 e. The quantitative estimate of drug-likeness (QED) is 0.892. The summed E-state index contributed by atoms with van der Waals surface area (Å²) in [6, 6.07) is 11.0. The van der Waals surface area contributed by atoms with Gasteiger partial charge in [-0.15, -0.1) is 0 Å². The zero-order valence-corrected chi connectivity index (χ0v) is 11.9. The average Bonchev–Trinajstić information content (AvgIpc) is 2.44. The van der Waals surface area contributed by atoms with Crippen LogP contribution in [-0.2, 0) is 0 Å². The van der Waals surface area contributed by atoms with Crippen molar-refractivity contribution in [3.8, 4) is 0 Å². The number of nitrogens with one attached hydrogen (secondary N) is 1. The Bertz CT molecular complexity index is 524. The van der Waals surface area contributed by atoms with Gasteiger partial charge in [0.05, 0.1) is 5.69 Å². The van der Waals surface area contributed by atoms with Crippen LogP contribution in [0.2, 0.25) is 0 Å². The summed E-state index contributed by atoms with van der Waals surface area (Å²) in [5, 5.41) is 3.22. The highest BCUT2D eigenvalue weighted by Crippen LogP contribution is 2.29. The van der Waals surface area contributed by atoms with Crippen molar-refractivity contribution >= 4 is 11.8 Å². The minimum atomic E-state index is -0.196. The van der Waals surface area contributed by atoms with Crippen LogP contribution in [0.1, 0.15) is 25.1 Å². The summed E-state index contributed by atoms with van der Waals surface area (Å²) in [6.07, 6.45) is 2.79. The molecule has 1 heterocycles. The minimum absolute atomic E-state index is 0.196. The highest BCUT2D eigenvalue weighted by Gasteiger charge is 2.08. The largest absolute Gasteiger partial charge is 0.312 e. The van der Waals surface area contributed by atoms with E-state index in [1.54, 1.807) is 18.3 Å². The summed E-state index contributed by atoms with van der Waals surface area (Å²) in [4.78, 5) is 6.01. The zero-order chi connectivity index (χ0) is 13.7. The van der Waals surface area contributed by atoms with Gasteiger partial charge in [-0.1, -0.05) is 30.8 Å². The summed E-state index contributed by atoms with van der Waals surface area (Å²) in [7, 11) is 1.93. The number of hydrogen-bond donors (Lipinski definition) is 1. The van der Waals surface area contributed by atoms with Crippen LogP contribution >= 0.6 is 11.8 Å². The second-order valence-electron chi connectivity index (χ2n) is 4.20. The molecule has 1 aromatic heterocycles. The van der Waals surface area contributed by atoms with E-state index in [-0.39, 0.29) is 11.9 Å². The molecule has 0 fully saturated rings. The van der Waals surface area contributed by atoms with Crippen molar-refractivity contribution in [1.82, 2.24) is 10.3 Å². The van der Waals surface area contributed by atoms with E-state index in [2.05, 4.69) is 17.2 Å². The molecule has 2 rings (SSSR count). The highest BCUT2D eigenvalue weighted by molar-refractivity contribution is 7.99. The standard InChI is InChI=1S/C15H17FN2S/c1-3-13(17-2)14-9-8-11(10-18-14)19-15-7-5-4-6-12(15)16/h4-10,13,17H,3H2,1-2H3. The lowest BCUT2D eigenvalue weighted by Crippen LogP contribution is -2.16. The van der Waals surface area contributed by atoms with Gasteiger partial charge in [0, 0.05) is 22.0 Å². The summed E-state index contributed by atoms with van der Waals surface area (Å²) in [5.41, 5.74) is 1.02. The third-order valence-corrected chi connectivity index (χ3v) is 3.97. The number of halogens is 1. The molecule has 1 aromatic carbocycles. The molecule has 1 atom stereocenters. The molecule has 1 N–H and O–H groups in total. The lowest BCUT2D eigenvalue weighted by molar-refractivity contribution is 0.561. The molecule has 4 heteroatoms. The van der Waals surface area contributed by atoms with E-state index in [1.807, 2.05) is 25.2 Å². The van der Waals surface area contributed by atoms with Gasteiger partial charge in [0.25, 0.3) is 0 Å². The third-order valence-electron chi connectivity index (χ3n) is 2.94. The molecule has 0 radical (unpaired) electrons. The Kier molecular flexibility index (Phi) is 4.93. The lowest BCUT2D eigenvalue weighted by Gasteiger charge is -2.13. The van der Waals surface area contributed by atoms with Crippen LogP contribution in [0.3, 0.4) is 0 Å². The highest BCUT2D eigenvalue weighted by atomic mass is 32.2. The van der Waals surface area contributed by atoms with Crippen LogP contribution < -0.4 is 5.32 Å². The molecule has 100 valence electrons. The first-order chi connectivity index (χ1) is 9.24. The van der Waals surface area contributed by atoms with Crippen LogP contribution in [0.5, 0.6) is 0 Å². The van der Waals surface area contributed by atoms with E-state index in [9.17, 15) is 4.39 Å². The number of nitrogens with zero attached hydrogens (tertiary/aromatic N) is 1. The number of benzene rings is 1. The van der Waals surface area contributed by atoms with Crippen LogP contribution in [-0.4, -0.2) is 12.0 Å². The maximum atomic E-state index is 13.5. The Morgan fingerprint density at radius 2 is 2.05 bits per heavy atom. The van der Waals surface area contributed by atoms with Crippen LogP contribution in [0.15, 0.2) is 52.4 Å². The summed E-state index contributed by atoms with van der Waals surface area (Å²) >= 11 is 1.39. The fraction of sp³-hybridized carbons (Fsp3) is 0.267. The maximum absolute atomic E-state index is 13.5. The first kappa shape index (κ1) is 14.0. The Labute approximate surface area is 117 Å². The van der Waals surface area contributed by atoms with Crippen molar-refractivity contribution in [2.75, 3.05) is 7.05 Å². The lowest BCUT2D eigenvalue weighted by atomic mass is 10.1. The van der Waals surface area contributed by atoms with Gasteiger partial charge < -0.3 is 5.32 Å².